The van der Waals surface area contributed by atoms with Gasteiger partial charge in [0.2, 0.25) is 0 Å². The maximum absolute atomic E-state index is 13.5. The average Bonchev–Trinajstić information content (AvgIpc) is 3.13. The standard InChI is InChI=1S/C23H25FN2O4.Na/c1-13(2)22-18(8-7-16(27)11-17(28)12-20(29)30)21(14-3-5-15(24)6-4-14)19-9-10-25-23(19)26-22;/h3-10,13,16-17,27-28H,11-12H2,1-2H3,(H,25,26)(H,29,30);/q;+1/p-1/b8-7+;. The zero-order valence-corrected chi connectivity index (χ0v) is 19.8. The molecule has 0 aliphatic rings. The van der Waals surface area contributed by atoms with E-state index in [0.29, 0.717) is 5.65 Å². The molecule has 0 fully saturated rings. The van der Waals surface area contributed by atoms with Crippen LogP contribution in [0.3, 0.4) is 0 Å². The number of carboxylic acids is 1. The molecule has 2 unspecified atom stereocenters. The fourth-order valence-electron chi connectivity index (χ4n) is 3.49. The van der Waals surface area contributed by atoms with Crippen LogP contribution in [-0.4, -0.2) is 38.4 Å². The van der Waals surface area contributed by atoms with Gasteiger partial charge in [0, 0.05) is 41.5 Å². The Labute approximate surface area is 202 Å². The maximum Gasteiger partial charge on any atom is 1.00 e. The van der Waals surface area contributed by atoms with Gasteiger partial charge in [-0.25, -0.2) is 9.37 Å². The zero-order valence-electron chi connectivity index (χ0n) is 17.8. The first kappa shape index (κ1) is 25.2. The SMILES string of the molecule is CC(C)c1nc2[nH]ccc2c(-c2ccc(F)cc2)c1/C=C/C(O)CC(O)CC(=O)[O-].[Na+]. The number of nitrogens with zero attached hydrogens (tertiary/aromatic N) is 1. The Morgan fingerprint density at radius 1 is 1.23 bits per heavy atom. The molecular weight excluding hydrogens is 410 g/mol. The van der Waals surface area contributed by atoms with Crippen molar-refractivity contribution in [2.45, 2.75) is 44.8 Å². The van der Waals surface area contributed by atoms with Gasteiger partial charge in [-0.3, -0.25) is 0 Å². The van der Waals surface area contributed by atoms with Crippen molar-refractivity contribution in [3.8, 4) is 11.1 Å². The summed E-state index contributed by atoms with van der Waals surface area (Å²) in [5, 5.41) is 31.5. The van der Waals surface area contributed by atoms with Crippen LogP contribution in [0.5, 0.6) is 0 Å². The number of halogens is 1. The van der Waals surface area contributed by atoms with Crippen LogP contribution >= 0.6 is 0 Å². The third-order valence-electron chi connectivity index (χ3n) is 4.85. The maximum atomic E-state index is 13.5. The van der Waals surface area contributed by atoms with Gasteiger partial charge in [-0.05, 0) is 29.7 Å². The molecule has 0 spiro atoms. The van der Waals surface area contributed by atoms with Gasteiger partial charge in [0.1, 0.15) is 11.5 Å². The number of nitrogens with one attached hydrogen (secondary N) is 1. The molecule has 3 aromatic rings. The van der Waals surface area contributed by atoms with Crippen molar-refractivity contribution >= 4 is 23.1 Å². The van der Waals surface area contributed by atoms with Gasteiger partial charge in [0.25, 0.3) is 0 Å². The summed E-state index contributed by atoms with van der Waals surface area (Å²) in [5.74, 6) is -1.64. The molecular formula is C23H24FN2NaO4. The first-order valence-corrected chi connectivity index (χ1v) is 9.77. The smallest absolute Gasteiger partial charge is 0.550 e. The van der Waals surface area contributed by atoms with Crippen molar-refractivity contribution in [3.63, 3.8) is 0 Å². The first-order valence-electron chi connectivity index (χ1n) is 9.77. The topological polar surface area (TPSA) is 109 Å². The quantitative estimate of drug-likeness (QED) is 0.424. The van der Waals surface area contributed by atoms with Gasteiger partial charge >= 0.3 is 29.6 Å². The van der Waals surface area contributed by atoms with E-state index in [2.05, 4.69) is 4.98 Å². The molecule has 2 aromatic heterocycles. The molecule has 0 aliphatic carbocycles. The van der Waals surface area contributed by atoms with Crippen LogP contribution in [0, 0.1) is 5.82 Å². The summed E-state index contributed by atoms with van der Waals surface area (Å²) in [4.78, 5) is 18.4. The second kappa shape index (κ2) is 11.0. The number of pyridine rings is 1. The minimum atomic E-state index is -1.37. The van der Waals surface area contributed by atoms with E-state index in [1.54, 1.807) is 24.4 Å². The van der Waals surface area contributed by atoms with E-state index in [1.165, 1.54) is 18.2 Å². The van der Waals surface area contributed by atoms with Crippen LogP contribution in [0.1, 0.15) is 43.9 Å². The Hall–Kier alpha value is -2.03. The summed E-state index contributed by atoms with van der Waals surface area (Å²) in [6.07, 6.45) is 2.08. The Balaban J connectivity index is 0.00000341. The van der Waals surface area contributed by atoms with Gasteiger partial charge < -0.3 is 25.1 Å². The molecule has 1 aromatic carbocycles. The van der Waals surface area contributed by atoms with E-state index in [4.69, 9.17) is 4.98 Å². The molecule has 2 atom stereocenters. The fraction of sp³-hybridized carbons (Fsp3) is 0.304. The average molecular weight is 434 g/mol. The van der Waals surface area contributed by atoms with Crippen LogP contribution < -0.4 is 34.7 Å². The molecule has 3 N–H and O–H groups in total. The monoisotopic (exact) mass is 434 g/mol. The number of H-pyrrole nitrogens is 1. The number of carbonyl (C=O) groups excluding carboxylic acids is 1. The Kier molecular flexibility index (Phi) is 8.97. The number of aromatic nitrogens is 2. The fourth-order valence-corrected chi connectivity index (χ4v) is 3.49. The molecule has 3 rings (SSSR count). The molecule has 0 aliphatic heterocycles. The van der Waals surface area contributed by atoms with Crippen LogP contribution in [-0.2, 0) is 4.79 Å². The second-order valence-corrected chi connectivity index (χ2v) is 7.58. The van der Waals surface area contributed by atoms with Crippen molar-refractivity contribution in [1.29, 1.82) is 0 Å². The minimum Gasteiger partial charge on any atom is -0.550 e. The Bertz CT molecular complexity index is 1060. The van der Waals surface area contributed by atoms with Crippen molar-refractivity contribution in [2.24, 2.45) is 0 Å². The Morgan fingerprint density at radius 2 is 1.90 bits per heavy atom. The summed E-state index contributed by atoms with van der Waals surface area (Å²) in [7, 11) is 0. The van der Waals surface area contributed by atoms with Gasteiger partial charge in [-0.2, -0.15) is 0 Å². The van der Waals surface area contributed by atoms with Gasteiger partial charge in [-0.15, -0.1) is 0 Å². The summed E-state index contributed by atoms with van der Waals surface area (Å²) < 4.78 is 13.5. The van der Waals surface area contributed by atoms with Crippen LogP contribution in [0.25, 0.3) is 28.2 Å². The molecule has 0 saturated carbocycles. The number of aliphatic hydroxyl groups is 2. The van der Waals surface area contributed by atoms with E-state index in [9.17, 15) is 24.5 Å². The van der Waals surface area contributed by atoms with Gasteiger partial charge in [-0.1, -0.05) is 38.1 Å². The third kappa shape index (κ3) is 6.24. The zero-order chi connectivity index (χ0) is 21.8. The number of benzene rings is 1. The summed E-state index contributed by atoms with van der Waals surface area (Å²) >= 11 is 0. The predicted octanol–water partition coefficient (Wildman–Crippen LogP) is -0.238. The molecule has 0 saturated heterocycles. The van der Waals surface area contributed by atoms with Crippen LogP contribution in [0.15, 0.2) is 42.6 Å². The van der Waals surface area contributed by atoms with Gasteiger partial charge in [0.15, 0.2) is 0 Å². The predicted molar refractivity (Wildman–Crippen MR) is 111 cm³/mol. The largest absolute Gasteiger partial charge is 1.00 e. The van der Waals surface area contributed by atoms with E-state index in [1.807, 2.05) is 19.9 Å². The molecule has 31 heavy (non-hydrogen) atoms. The normalized spacial score (nSPS) is 13.5. The third-order valence-corrected chi connectivity index (χ3v) is 4.85. The molecule has 0 radical (unpaired) electrons. The number of aromatic amines is 1. The minimum absolute atomic E-state index is 0. The second-order valence-electron chi connectivity index (χ2n) is 7.58. The van der Waals surface area contributed by atoms with Crippen molar-refractivity contribution in [1.82, 2.24) is 9.97 Å². The number of fused-ring (bicyclic) bond motifs is 1. The summed E-state index contributed by atoms with van der Waals surface area (Å²) in [6.45, 7) is 4.01. The molecule has 158 valence electrons. The Morgan fingerprint density at radius 3 is 2.52 bits per heavy atom. The molecule has 2 heterocycles. The molecule has 0 bridgehead atoms. The molecule has 0 amide bonds. The number of carboxylic acid groups (broad SMARTS) is 1. The number of hydrogen-bond donors (Lipinski definition) is 3. The molecule has 8 heteroatoms. The molecule has 6 nitrogen and oxygen atoms in total. The van der Waals surface area contributed by atoms with E-state index in [-0.39, 0.29) is 47.7 Å². The van der Waals surface area contributed by atoms with E-state index in [0.717, 1.165) is 27.8 Å². The number of aliphatic hydroxyl groups excluding tert-OH is 2. The number of aliphatic carboxylic acids is 1. The first-order chi connectivity index (χ1) is 14.3. The van der Waals surface area contributed by atoms with Crippen molar-refractivity contribution in [3.05, 3.63) is 59.7 Å². The van der Waals surface area contributed by atoms with E-state index >= 15 is 0 Å². The summed E-state index contributed by atoms with van der Waals surface area (Å²) in [6, 6.07) is 8.06. The van der Waals surface area contributed by atoms with Crippen LogP contribution in [0.4, 0.5) is 4.39 Å². The van der Waals surface area contributed by atoms with Crippen molar-refractivity contribution in [2.75, 3.05) is 0 Å². The number of rotatable bonds is 8. The van der Waals surface area contributed by atoms with Crippen LogP contribution in [0.2, 0.25) is 0 Å². The van der Waals surface area contributed by atoms with E-state index < -0.39 is 24.6 Å². The van der Waals surface area contributed by atoms with Gasteiger partial charge in [0.05, 0.1) is 17.9 Å². The summed E-state index contributed by atoms with van der Waals surface area (Å²) in [5.41, 5.74) is 3.93. The number of hydrogen-bond acceptors (Lipinski definition) is 5. The number of carbonyl (C=O) groups is 1. The van der Waals surface area contributed by atoms with Crippen molar-refractivity contribution < 1.29 is 54.1 Å².